The minimum absolute atomic E-state index is 0.309. The molecule has 0 fully saturated rings. The third-order valence-electron chi connectivity index (χ3n) is 1.46. The zero-order valence-electron chi connectivity index (χ0n) is 7.27. The Hall–Kier alpha value is -2.38. The Morgan fingerprint density at radius 1 is 1.20 bits per heavy atom. The Morgan fingerprint density at radius 3 is 2.20 bits per heavy atom. The lowest BCUT2D eigenvalue weighted by Crippen LogP contribution is -2.34. The van der Waals surface area contributed by atoms with Crippen LogP contribution in [0.5, 0.6) is 11.5 Å². The second-order valence-corrected chi connectivity index (χ2v) is 2.48. The highest BCUT2D eigenvalue weighted by Gasteiger charge is 2.35. The van der Waals surface area contributed by atoms with E-state index in [1.165, 1.54) is 24.3 Å². The zero-order valence-corrected chi connectivity index (χ0v) is 7.27. The van der Waals surface area contributed by atoms with Crippen LogP contribution in [0.1, 0.15) is 0 Å². The Bertz CT molecular complexity index is 379. The fraction of sp³-hybridized carbons (Fsp3) is 0.143. The van der Waals surface area contributed by atoms with E-state index in [0.717, 1.165) is 0 Å². The number of rotatable bonds is 4. The maximum Gasteiger partial charge on any atom is 0.612 e. The van der Waals surface area contributed by atoms with Gasteiger partial charge in [-0.3, -0.25) is 20.2 Å². The smallest absolute Gasteiger partial charge is 0.504 e. The van der Waals surface area contributed by atoms with Crippen molar-refractivity contribution in [1.29, 1.82) is 0 Å². The van der Waals surface area contributed by atoms with Crippen LogP contribution in [-0.2, 0) is 0 Å². The lowest BCUT2D eigenvalue weighted by Gasteiger charge is -2.05. The SMILES string of the molecule is O=[N+]([O-])C(Oc1ccccc1O)[N+](=O)[O-]. The summed E-state index contributed by atoms with van der Waals surface area (Å²) in [6.07, 6.45) is -2.42. The first kappa shape index (κ1) is 10.7. The van der Waals surface area contributed by atoms with E-state index >= 15 is 0 Å². The van der Waals surface area contributed by atoms with E-state index in [9.17, 15) is 20.2 Å². The highest BCUT2D eigenvalue weighted by molar-refractivity contribution is 5.37. The van der Waals surface area contributed by atoms with E-state index in [4.69, 9.17) is 5.11 Å². The Balaban J connectivity index is 2.88. The Kier molecular flexibility index (Phi) is 3.01. The van der Waals surface area contributed by atoms with Crippen molar-refractivity contribution in [2.45, 2.75) is 6.35 Å². The molecule has 8 heteroatoms. The molecule has 0 amide bonds. The molecule has 15 heavy (non-hydrogen) atoms. The number of para-hydroxylation sites is 2. The number of nitro groups is 2. The van der Waals surface area contributed by atoms with Gasteiger partial charge in [0.25, 0.3) is 0 Å². The average Bonchev–Trinajstić information content (AvgIpc) is 2.15. The number of hydrogen-bond donors (Lipinski definition) is 1. The number of aromatic hydroxyl groups is 1. The van der Waals surface area contributed by atoms with E-state index in [-0.39, 0.29) is 5.75 Å². The second-order valence-electron chi connectivity index (χ2n) is 2.48. The van der Waals surface area contributed by atoms with E-state index in [0.29, 0.717) is 0 Å². The Labute approximate surface area is 83.0 Å². The highest BCUT2D eigenvalue weighted by atomic mass is 16.7. The summed E-state index contributed by atoms with van der Waals surface area (Å²) in [5.74, 6) is -0.706. The number of hydrogen-bond acceptors (Lipinski definition) is 6. The first-order valence-electron chi connectivity index (χ1n) is 3.74. The number of phenolic OH excluding ortho intramolecular Hbond substituents is 1. The van der Waals surface area contributed by atoms with Gasteiger partial charge < -0.3 is 9.84 Å². The minimum Gasteiger partial charge on any atom is -0.504 e. The fourth-order valence-electron chi connectivity index (χ4n) is 0.833. The molecule has 0 aromatic heterocycles. The van der Waals surface area contributed by atoms with Crippen molar-refractivity contribution in [3.63, 3.8) is 0 Å². The van der Waals surface area contributed by atoms with Crippen LogP contribution >= 0.6 is 0 Å². The molecular formula is C7H6N2O6. The molecule has 1 aromatic carbocycles. The summed E-state index contributed by atoms with van der Waals surface area (Å²) in [4.78, 5) is 18.0. The summed E-state index contributed by atoms with van der Waals surface area (Å²) >= 11 is 0. The van der Waals surface area contributed by atoms with Crippen molar-refractivity contribution < 1.29 is 19.7 Å². The first-order valence-corrected chi connectivity index (χ1v) is 3.74. The fourth-order valence-corrected chi connectivity index (χ4v) is 0.833. The van der Waals surface area contributed by atoms with Crippen molar-refractivity contribution in [2.75, 3.05) is 0 Å². The van der Waals surface area contributed by atoms with Gasteiger partial charge in [0.2, 0.25) is 0 Å². The summed E-state index contributed by atoms with van der Waals surface area (Å²) < 4.78 is 4.42. The lowest BCUT2D eigenvalue weighted by atomic mass is 10.3. The standard InChI is InChI=1S/C7H6N2O6/c10-5-3-1-2-4-6(5)15-7(8(11)12)9(13)14/h1-4,7,10H. The predicted octanol–water partition coefficient (Wildman–Crippen LogP) is 0.608. The number of ether oxygens (including phenoxy) is 1. The molecule has 1 rings (SSSR count). The van der Waals surface area contributed by atoms with Gasteiger partial charge in [-0.25, -0.2) is 0 Å². The third-order valence-corrected chi connectivity index (χ3v) is 1.46. The van der Waals surface area contributed by atoms with E-state index in [2.05, 4.69) is 4.74 Å². The summed E-state index contributed by atoms with van der Waals surface area (Å²) in [6, 6.07) is 5.27. The third kappa shape index (κ3) is 2.53. The van der Waals surface area contributed by atoms with Crippen LogP contribution in [0, 0.1) is 20.2 Å². The average molecular weight is 214 g/mol. The van der Waals surface area contributed by atoms with Gasteiger partial charge in [0.05, 0.1) is 0 Å². The molecular weight excluding hydrogens is 208 g/mol. The van der Waals surface area contributed by atoms with Gasteiger partial charge in [0.15, 0.2) is 11.5 Å². The topological polar surface area (TPSA) is 116 Å². The lowest BCUT2D eigenvalue weighted by molar-refractivity contribution is -0.781. The van der Waals surface area contributed by atoms with Gasteiger partial charge in [-0.05, 0) is 12.1 Å². The van der Waals surface area contributed by atoms with Crippen LogP contribution in [0.3, 0.4) is 0 Å². The molecule has 0 unspecified atom stereocenters. The molecule has 0 aliphatic carbocycles. The molecule has 8 nitrogen and oxygen atoms in total. The molecule has 0 saturated carbocycles. The molecule has 1 N–H and O–H groups in total. The van der Waals surface area contributed by atoms with Crippen molar-refractivity contribution in [3.8, 4) is 11.5 Å². The molecule has 80 valence electrons. The predicted molar refractivity (Wildman–Crippen MR) is 46.5 cm³/mol. The summed E-state index contributed by atoms with van der Waals surface area (Å²) in [7, 11) is 0. The number of benzene rings is 1. The van der Waals surface area contributed by atoms with Gasteiger partial charge in [-0.2, -0.15) is 0 Å². The van der Waals surface area contributed by atoms with E-state index < -0.39 is 21.9 Å². The van der Waals surface area contributed by atoms with Crippen molar-refractivity contribution in [2.24, 2.45) is 0 Å². The molecule has 0 radical (unpaired) electrons. The zero-order chi connectivity index (χ0) is 11.4. The molecule has 0 saturated heterocycles. The van der Waals surface area contributed by atoms with E-state index in [1.54, 1.807) is 0 Å². The van der Waals surface area contributed by atoms with Gasteiger partial charge in [-0.1, -0.05) is 12.1 Å². The number of phenols is 1. The minimum atomic E-state index is -2.42. The van der Waals surface area contributed by atoms with Crippen LogP contribution in [0.2, 0.25) is 0 Å². The van der Waals surface area contributed by atoms with Crippen LogP contribution in [0.25, 0.3) is 0 Å². The van der Waals surface area contributed by atoms with Crippen LogP contribution in [0.4, 0.5) is 0 Å². The van der Waals surface area contributed by atoms with Crippen molar-refractivity contribution in [3.05, 3.63) is 44.5 Å². The largest absolute Gasteiger partial charge is 0.612 e. The quantitative estimate of drug-likeness (QED) is 0.445. The van der Waals surface area contributed by atoms with Gasteiger partial charge in [0.1, 0.15) is 9.85 Å². The maximum atomic E-state index is 10.2. The number of nitrogens with zero attached hydrogens (tertiary/aromatic N) is 2. The maximum absolute atomic E-state index is 10.2. The first-order chi connectivity index (χ1) is 7.02. The van der Waals surface area contributed by atoms with E-state index in [1.807, 2.05) is 0 Å². The molecule has 0 atom stereocenters. The highest BCUT2D eigenvalue weighted by Crippen LogP contribution is 2.25. The van der Waals surface area contributed by atoms with Crippen LogP contribution in [0.15, 0.2) is 24.3 Å². The molecule has 0 spiro atoms. The van der Waals surface area contributed by atoms with Gasteiger partial charge in [-0.15, -0.1) is 0 Å². The summed E-state index contributed by atoms with van der Waals surface area (Å²) in [5, 5.41) is 29.6. The molecule has 0 aliphatic heterocycles. The van der Waals surface area contributed by atoms with Crippen molar-refractivity contribution in [1.82, 2.24) is 0 Å². The van der Waals surface area contributed by atoms with Crippen molar-refractivity contribution >= 4 is 0 Å². The van der Waals surface area contributed by atoms with Gasteiger partial charge >= 0.3 is 6.35 Å². The summed E-state index contributed by atoms with van der Waals surface area (Å²) in [6.45, 7) is 0. The second kappa shape index (κ2) is 4.22. The Morgan fingerprint density at radius 2 is 1.73 bits per heavy atom. The van der Waals surface area contributed by atoms with Crippen LogP contribution in [-0.4, -0.2) is 21.3 Å². The molecule has 0 bridgehead atoms. The van der Waals surface area contributed by atoms with Crippen LogP contribution < -0.4 is 4.74 Å². The normalized spacial score (nSPS) is 9.93. The summed E-state index contributed by atoms with van der Waals surface area (Å²) in [5.41, 5.74) is 0. The van der Waals surface area contributed by atoms with Gasteiger partial charge in [0, 0.05) is 0 Å². The molecule has 0 heterocycles. The molecule has 0 aliphatic rings. The molecule has 1 aromatic rings. The monoisotopic (exact) mass is 214 g/mol.